The molecule has 1 amide bonds. The van der Waals surface area contributed by atoms with Crippen molar-refractivity contribution in [3.05, 3.63) is 63.4 Å². The molecule has 2 N–H and O–H groups in total. The first-order valence-electron chi connectivity index (χ1n) is 8.48. The summed E-state index contributed by atoms with van der Waals surface area (Å²) in [4.78, 5) is 22.5. The van der Waals surface area contributed by atoms with Gasteiger partial charge in [0.1, 0.15) is 23.4 Å². The third kappa shape index (κ3) is 5.94. The van der Waals surface area contributed by atoms with Crippen LogP contribution in [0.1, 0.15) is 17.5 Å². The van der Waals surface area contributed by atoms with Gasteiger partial charge in [-0.1, -0.05) is 35.0 Å². The standard InChI is InChI=1S/C19H14Cl2FN3O4S/c20-11-5-10(9-29-13-3-1-12(22)2-4-13)14(15(21)6-11)8-23-25-19-24-18(28)16(30-19)7-17(26)27/h1-6,8,16H,7,9H2,(H,26,27)(H,24,25,28). The zero-order chi connectivity index (χ0) is 21.7. The van der Waals surface area contributed by atoms with Gasteiger partial charge in [-0.05, 0) is 36.4 Å². The van der Waals surface area contributed by atoms with Gasteiger partial charge in [-0.2, -0.15) is 5.10 Å². The Kier molecular flexibility index (Phi) is 7.30. The molecule has 1 heterocycles. The Morgan fingerprint density at radius 2 is 2.03 bits per heavy atom. The molecule has 3 rings (SSSR count). The van der Waals surface area contributed by atoms with Gasteiger partial charge in [0.15, 0.2) is 5.17 Å². The molecule has 2 aromatic carbocycles. The van der Waals surface area contributed by atoms with Crippen molar-refractivity contribution < 1.29 is 23.8 Å². The van der Waals surface area contributed by atoms with Crippen LogP contribution in [0, 0.1) is 5.82 Å². The topological polar surface area (TPSA) is 100 Å². The molecule has 1 aliphatic heterocycles. The average Bonchev–Trinajstić information content (AvgIpc) is 3.01. The number of hydrogen-bond donors (Lipinski definition) is 2. The molecule has 11 heteroatoms. The second-order valence-electron chi connectivity index (χ2n) is 6.05. The molecule has 0 aliphatic carbocycles. The molecule has 1 saturated heterocycles. The number of nitrogens with one attached hydrogen (secondary N) is 1. The minimum absolute atomic E-state index is 0.0933. The van der Waals surface area contributed by atoms with E-state index in [1.807, 2.05) is 0 Å². The molecule has 0 saturated carbocycles. The molecule has 2 aromatic rings. The highest BCUT2D eigenvalue weighted by atomic mass is 35.5. The molecular formula is C19H14Cl2FN3O4S. The first-order valence-corrected chi connectivity index (χ1v) is 10.1. The predicted molar refractivity (Wildman–Crippen MR) is 114 cm³/mol. The number of carboxylic acids is 1. The first kappa shape index (κ1) is 22.1. The van der Waals surface area contributed by atoms with E-state index in [9.17, 15) is 14.0 Å². The van der Waals surface area contributed by atoms with E-state index in [0.717, 1.165) is 11.8 Å². The maximum atomic E-state index is 13.0. The van der Waals surface area contributed by atoms with Crippen molar-refractivity contribution >= 4 is 58.2 Å². The number of benzene rings is 2. The van der Waals surface area contributed by atoms with Crippen LogP contribution in [0.2, 0.25) is 10.0 Å². The van der Waals surface area contributed by atoms with E-state index >= 15 is 0 Å². The Labute approximate surface area is 184 Å². The van der Waals surface area contributed by atoms with E-state index in [4.69, 9.17) is 33.0 Å². The Morgan fingerprint density at radius 3 is 2.73 bits per heavy atom. The summed E-state index contributed by atoms with van der Waals surface area (Å²) in [6, 6.07) is 8.74. The normalized spacial score (nSPS) is 17.5. The van der Waals surface area contributed by atoms with Crippen LogP contribution >= 0.6 is 35.0 Å². The van der Waals surface area contributed by atoms with Gasteiger partial charge < -0.3 is 15.2 Å². The highest BCUT2D eigenvalue weighted by Crippen LogP contribution is 2.26. The van der Waals surface area contributed by atoms with Crippen molar-refractivity contribution in [2.24, 2.45) is 10.2 Å². The molecule has 0 aromatic heterocycles. The van der Waals surface area contributed by atoms with Crippen LogP contribution in [0.3, 0.4) is 0 Å². The third-order valence-electron chi connectivity index (χ3n) is 3.86. The molecular weight excluding hydrogens is 456 g/mol. The quantitative estimate of drug-likeness (QED) is 0.469. The van der Waals surface area contributed by atoms with Gasteiger partial charge in [-0.3, -0.25) is 9.59 Å². The van der Waals surface area contributed by atoms with Gasteiger partial charge in [0, 0.05) is 16.1 Å². The molecule has 1 unspecified atom stereocenters. The smallest absolute Gasteiger partial charge is 0.305 e. The highest BCUT2D eigenvalue weighted by Gasteiger charge is 2.32. The molecule has 1 fully saturated rings. The number of amides is 1. The molecule has 30 heavy (non-hydrogen) atoms. The van der Waals surface area contributed by atoms with Gasteiger partial charge in [0.05, 0.1) is 17.7 Å². The fourth-order valence-corrected chi connectivity index (χ4v) is 3.98. The number of thioether (sulfide) groups is 1. The lowest BCUT2D eigenvalue weighted by molar-refractivity contribution is -0.138. The van der Waals surface area contributed by atoms with Gasteiger partial charge >= 0.3 is 5.97 Å². The molecule has 0 radical (unpaired) electrons. The predicted octanol–water partition coefficient (Wildman–Crippen LogP) is 4.11. The van der Waals surface area contributed by atoms with Crippen molar-refractivity contribution in [2.75, 3.05) is 0 Å². The van der Waals surface area contributed by atoms with Gasteiger partial charge in [-0.25, -0.2) is 4.39 Å². The van der Waals surface area contributed by atoms with Crippen LogP contribution in [-0.4, -0.2) is 33.6 Å². The molecule has 0 bridgehead atoms. The first-order chi connectivity index (χ1) is 14.3. The summed E-state index contributed by atoms with van der Waals surface area (Å²) in [5, 5.41) is 19.3. The second kappa shape index (κ2) is 9.92. The largest absolute Gasteiger partial charge is 0.489 e. The maximum absolute atomic E-state index is 13.0. The number of rotatable bonds is 7. The second-order valence-corrected chi connectivity index (χ2v) is 8.08. The van der Waals surface area contributed by atoms with Crippen molar-refractivity contribution in [2.45, 2.75) is 18.3 Å². The van der Waals surface area contributed by atoms with Gasteiger partial charge in [0.25, 0.3) is 0 Å². The van der Waals surface area contributed by atoms with Crippen molar-refractivity contribution in [1.29, 1.82) is 0 Å². The van der Waals surface area contributed by atoms with Crippen molar-refractivity contribution in [3.8, 4) is 5.75 Å². The Morgan fingerprint density at radius 1 is 1.30 bits per heavy atom. The number of amidine groups is 1. The van der Waals surface area contributed by atoms with Crippen LogP contribution in [0.5, 0.6) is 5.75 Å². The zero-order valence-corrected chi connectivity index (χ0v) is 17.5. The fourth-order valence-electron chi connectivity index (χ4n) is 2.48. The number of aliphatic carboxylic acids is 1. The number of hydrogen-bond acceptors (Lipinski definition) is 6. The minimum Gasteiger partial charge on any atom is -0.489 e. The van der Waals surface area contributed by atoms with Crippen LogP contribution < -0.4 is 10.1 Å². The van der Waals surface area contributed by atoms with Crippen LogP contribution in [0.25, 0.3) is 0 Å². The van der Waals surface area contributed by atoms with Crippen molar-refractivity contribution in [3.63, 3.8) is 0 Å². The lowest BCUT2D eigenvalue weighted by Gasteiger charge is -2.10. The molecule has 156 valence electrons. The summed E-state index contributed by atoms with van der Waals surface area (Å²) in [6.45, 7) is 0.0933. The fraction of sp³-hybridized carbons (Fsp3) is 0.158. The zero-order valence-electron chi connectivity index (χ0n) is 15.1. The van der Waals surface area contributed by atoms with Gasteiger partial charge in [0.2, 0.25) is 5.91 Å². The SMILES string of the molecule is O=C(O)CC1SC(=NN=Cc2c(Cl)cc(Cl)cc2COc2ccc(F)cc2)NC1=O. The maximum Gasteiger partial charge on any atom is 0.305 e. The van der Waals surface area contributed by atoms with E-state index in [1.54, 1.807) is 6.07 Å². The monoisotopic (exact) mass is 469 g/mol. The van der Waals surface area contributed by atoms with E-state index in [0.29, 0.717) is 26.9 Å². The lowest BCUT2D eigenvalue weighted by atomic mass is 10.1. The number of halogens is 3. The number of ether oxygens (including phenoxy) is 1. The van der Waals surface area contributed by atoms with E-state index in [1.165, 1.54) is 36.5 Å². The summed E-state index contributed by atoms with van der Waals surface area (Å²) in [6.07, 6.45) is 1.07. The summed E-state index contributed by atoms with van der Waals surface area (Å²) in [5.74, 6) is -1.42. The molecule has 0 spiro atoms. The average molecular weight is 470 g/mol. The van der Waals surface area contributed by atoms with E-state index < -0.39 is 17.1 Å². The van der Waals surface area contributed by atoms with Crippen LogP contribution in [-0.2, 0) is 16.2 Å². The van der Waals surface area contributed by atoms with Crippen LogP contribution in [0.4, 0.5) is 4.39 Å². The summed E-state index contributed by atoms with van der Waals surface area (Å²) < 4.78 is 18.7. The number of nitrogens with zero attached hydrogens (tertiary/aromatic N) is 2. The Balaban J connectivity index is 1.74. The molecule has 1 aliphatic rings. The van der Waals surface area contributed by atoms with Gasteiger partial charge in [-0.15, -0.1) is 5.10 Å². The summed E-state index contributed by atoms with van der Waals surface area (Å²) in [5.41, 5.74) is 1.12. The van der Waals surface area contributed by atoms with Crippen molar-refractivity contribution in [1.82, 2.24) is 5.32 Å². The van der Waals surface area contributed by atoms with E-state index in [-0.39, 0.29) is 24.0 Å². The summed E-state index contributed by atoms with van der Waals surface area (Å²) in [7, 11) is 0. The third-order valence-corrected chi connectivity index (χ3v) is 5.46. The number of carbonyl (C=O) groups is 2. The lowest BCUT2D eigenvalue weighted by Crippen LogP contribution is -2.26. The van der Waals surface area contributed by atoms with E-state index in [2.05, 4.69) is 15.5 Å². The molecule has 7 nitrogen and oxygen atoms in total. The number of carbonyl (C=O) groups excluding carboxylic acids is 1. The highest BCUT2D eigenvalue weighted by molar-refractivity contribution is 8.15. The number of carboxylic acid groups (broad SMARTS) is 1. The minimum atomic E-state index is -1.08. The Bertz CT molecular complexity index is 1030. The molecule has 1 atom stereocenters. The van der Waals surface area contributed by atoms with Crippen LogP contribution in [0.15, 0.2) is 46.6 Å². The Hall–Kier alpha value is -2.62. The summed E-state index contributed by atoms with van der Waals surface area (Å²) >= 11 is 13.3.